The van der Waals surface area contributed by atoms with Crippen molar-refractivity contribution in [3.8, 4) is 0 Å². The van der Waals surface area contributed by atoms with Crippen molar-refractivity contribution in [3.63, 3.8) is 0 Å². The van der Waals surface area contributed by atoms with Gasteiger partial charge in [-0.25, -0.2) is 9.13 Å². The number of aliphatic hydroxyl groups excluding tert-OH is 1. The van der Waals surface area contributed by atoms with Crippen molar-refractivity contribution in [2.24, 2.45) is 23.7 Å². The predicted molar refractivity (Wildman–Crippen MR) is 363 cm³/mol. The largest absolute Gasteiger partial charge is 0.472 e. The lowest BCUT2D eigenvalue weighted by molar-refractivity contribution is -0.161. The van der Waals surface area contributed by atoms with Gasteiger partial charge in [-0.05, 0) is 49.4 Å². The smallest absolute Gasteiger partial charge is 0.462 e. The summed E-state index contributed by atoms with van der Waals surface area (Å²) in [5.41, 5.74) is 0. The second kappa shape index (κ2) is 60.7. The zero-order chi connectivity index (χ0) is 66.8. The van der Waals surface area contributed by atoms with Crippen LogP contribution in [0.3, 0.4) is 0 Å². The van der Waals surface area contributed by atoms with Crippen LogP contribution >= 0.6 is 15.6 Å². The summed E-state index contributed by atoms with van der Waals surface area (Å²) in [6.07, 6.45) is 43.2. The molecule has 5 atom stereocenters. The van der Waals surface area contributed by atoms with Crippen LogP contribution in [0.2, 0.25) is 0 Å². The number of rotatable bonds is 68. The highest BCUT2D eigenvalue weighted by molar-refractivity contribution is 7.47. The van der Waals surface area contributed by atoms with Crippen LogP contribution in [0.5, 0.6) is 0 Å². The molecule has 3 unspecified atom stereocenters. The Labute approximate surface area is 549 Å². The van der Waals surface area contributed by atoms with E-state index in [2.05, 4.69) is 55.4 Å². The highest BCUT2D eigenvalue weighted by Crippen LogP contribution is 2.45. The Bertz CT molecular complexity index is 1780. The van der Waals surface area contributed by atoms with Crippen LogP contribution in [0.4, 0.5) is 0 Å². The van der Waals surface area contributed by atoms with Crippen LogP contribution in [0, 0.1) is 23.7 Å². The molecule has 0 rings (SSSR count). The fraction of sp³-hybridized carbons (Fsp3) is 0.944. The van der Waals surface area contributed by atoms with Crippen LogP contribution in [0.25, 0.3) is 0 Å². The van der Waals surface area contributed by atoms with E-state index < -0.39 is 97.5 Å². The molecular formula is C71H138O17P2. The molecule has 3 N–H and O–H groups in total. The lowest BCUT2D eigenvalue weighted by Gasteiger charge is -2.21. The van der Waals surface area contributed by atoms with E-state index in [9.17, 15) is 43.2 Å². The summed E-state index contributed by atoms with van der Waals surface area (Å²) in [6.45, 7) is 14.1. The number of ether oxygens (including phenoxy) is 4. The molecular weight excluding hydrogens is 1190 g/mol. The maximum absolute atomic E-state index is 13.0. The molecule has 0 radical (unpaired) electrons. The molecule has 0 amide bonds. The molecule has 90 heavy (non-hydrogen) atoms. The molecule has 534 valence electrons. The van der Waals surface area contributed by atoms with Gasteiger partial charge in [0, 0.05) is 25.7 Å². The maximum Gasteiger partial charge on any atom is 0.472 e. The molecule has 19 heteroatoms. The topological polar surface area (TPSA) is 237 Å². The zero-order valence-electron chi connectivity index (χ0n) is 58.8. The van der Waals surface area contributed by atoms with Crippen LogP contribution in [-0.2, 0) is 65.4 Å². The molecule has 0 aromatic rings. The molecule has 0 spiro atoms. The van der Waals surface area contributed by atoms with Gasteiger partial charge in [0.2, 0.25) is 0 Å². The van der Waals surface area contributed by atoms with Crippen LogP contribution in [0.1, 0.15) is 351 Å². The fourth-order valence-corrected chi connectivity index (χ4v) is 12.2. The van der Waals surface area contributed by atoms with Crippen molar-refractivity contribution < 1.29 is 80.2 Å². The number of carbonyl (C=O) groups excluding carboxylic acids is 4. The van der Waals surface area contributed by atoms with E-state index in [0.29, 0.717) is 31.6 Å². The van der Waals surface area contributed by atoms with Gasteiger partial charge in [-0.2, -0.15) is 0 Å². The quantitative estimate of drug-likeness (QED) is 0.0222. The van der Waals surface area contributed by atoms with E-state index in [1.54, 1.807) is 0 Å². The third-order valence-corrected chi connectivity index (χ3v) is 18.2. The average molecular weight is 1330 g/mol. The summed E-state index contributed by atoms with van der Waals surface area (Å²) in [7, 11) is -9.90. The van der Waals surface area contributed by atoms with Crippen molar-refractivity contribution in [1.29, 1.82) is 0 Å². The first-order chi connectivity index (χ1) is 43.1. The van der Waals surface area contributed by atoms with Gasteiger partial charge in [0.05, 0.1) is 26.4 Å². The molecule has 0 bridgehead atoms. The molecule has 0 aromatic heterocycles. The number of hydrogen-bond acceptors (Lipinski definition) is 15. The van der Waals surface area contributed by atoms with Gasteiger partial charge in [-0.15, -0.1) is 0 Å². The molecule has 0 saturated carbocycles. The van der Waals surface area contributed by atoms with Crippen molar-refractivity contribution in [2.45, 2.75) is 369 Å². The standard InChI is InChI=1S/C71H138O17P2/c1-61(2)47-39-31-23-16-13-11-9-10-12-14-18-28-37-45-53-70(75)87-67(58-82-69(74)52-44-36-30-22-26-34-42-50-64(7)8)60-86-90(79,80)84-56-65(72)55-83-89(77,78)85-59-66(57-81-68(73)51-43-35-27-21-20-25-33-41-49-63(5)6)88-71(76)54-46-38-29-19-15-17-24-32-40-48-62(3)4/h61-67,72H,9-60H2,1-8H3,(H,77,78)(H,79,80)/t65?,66-,67-/m1/s1. The predicted octanol–water partition coefficient (Wildman–Crippen LogP) is 20.1. The second-order valence-electron chi connectivity index (χ2n) is 27.5. The third-order valence-electron chi connectivity index (χ3n) is 16.3. The average Bonchev–Trinajstić information content (AvgIpc) is 3.37. The zero-order valence-corrected chi connectivity index (χ0v) is 60.6. The minimum absolute atomic E-state index is 0.104. The maximum atomic E-state index is 13.0. The van der Waals surface area contributed by atoms with Crippen molar-refractivity contribution in [2.75, 3.05) is 39.6 Å². The number of phosphoric acid groups is 2. The molecule has 0 heterocycles. The van der Waals surface area contributed by atoms with Crippen molar-refractivity contribution >= 4 is 39.5 Å². The lowest BCUT2D eigenvalue weighted by atomic mass is 10.0. The number of carbonyl (C=O) groups is 4. The Morgan fingerprint density at radius 3 is 0.689 bits per heavy atom. The van der Waals surface area contributed by atoms with E-state index >= 15 is 0 Å². The fourth-order valence-electron chi connectivity index (χ4n) is 10.7. The minimum Gasteiger partial charge on any atom is -0.462 e. The number of esters is 4. The number of unbranched alkanes of at least 4 members (excludes halogenated alkanes) is 34. The summed E-state index contributed by atoms with van der Waals surface area (Å²) < 4.78 is 68.3. The second-order valence-corrected chi connectivity index (χ2v) is 30.4. The van der Waals surface area contributed by atoms with Crippen LogP contribution in [0.15, 0.2) is 0 Å². The van der Waals surface area contributed by atoms with Gasteiger partial charge < -0.3 is 33.8 Å². The highest BCUT2D eigenvalue weighted by Gasteiger charge is 2.30. The number of phosphoric ester groups is 2. The van der Waals surface area contributed by atoms with Crippen LogP contribution in [-0.4, -0.2) is 96.7 Å². The van der Waals surface area contributed by atoms with Gasteiger partial charge >= 0.3 is 39.5 Å². The summed E-state index contributed by atoms with van der Waals surface area (Å²) in [5, 5.41) is 10.6. The third kappa shape index (κ3) is 64.8. The molecule has 0 saturated heterocycles. The van der Waals surface area contributed by atoms with Gasteiger partial charge in [0.25, 0.3) is 0 Å². The Morgan fingerprint density at radius 1 is 0.278 bits per heavy atom. The highest BCUT2D eigenvalue weighted by atomic mass is 31.2. The minimum atomic E-state index is -4.95. The Hall–Kier alpha value is -1.94. The summed E-state index contributed by atoms with van der Waals surface area (Å²) in [6, 6.07) is 0. The first kappa shape index (κ1) is 88.1. The Kier molecular flexibility index (Phi) is 59.4. The molecule has 0 aliphatic rings. The Balaban J connectivity index is 5.23. The molecule has 0 aliphatic carbocycles. The van der Waals surface area contributed by atoms with Crippen molar-refractivity contribution in [3.05, 3.63) is 0 Å². The van der Waals surface area contributed by atoms with Crippen molar-refractivity contribution in [1.82, 2.24) is 0 Å². The first-order valence-corrected chi connectivity index (χ1v) is 39.7. The SMILES string of the molecule is CC(C)CCCCCCCCCCCCCCCCC(=O)O[C@H](COC(=O)CCCCCCCCCC(C)C)COP(=O)(O)OCC(O)COP(=O)(O)OC[C@@H](COC(=O)CCCCCCCCCCC(C)C)OC(=O)CCCCCCCCCCCC(C)C. The van der Waals surface area contributed by atoms with Gasteiger partial charge in [-0.1, -0.05) is 299 Å². The normalized spacial score (nSPS) is 14.3. The van der Waals surface area contributed by atoms with Crippen LogP contribution < -0.4 is 0 Å². The molecule has 0 aliphatic heterocycles. The summed E-state index contributed by atoms with van der Waals surface area (Å²) in [5.74, 6) is 0.833. The monoisotopic (exact) mass is 1320 g/mol. The van der Waals surface area contributed by atoms with E-state index in [1.165, 1.54) is 148 Å². The van der Waals surface area contributed by atoms with Gasteiger partial charge in [-0.3, -0.25) is 37.3 Å². The van der Waals surface area contributed by atoms with E-state index in [0.717, 1.165) is 114 Å². The lowest BCUT2D eigenvalue weighted by Crippen LogP contribution is -2.30. The first-order valence-electron chi connectivity index (χ1n) is 36.7. The van der Waals surface area contributed by atoms with E-state index in [1.807, 2.05) is 0 Å². The van der Waals surface area contributed by atoms with E-state index in [-0.39, 0.29) is 25.7 Å². The summed E-state index contributed by atoms with van der Waals surface area (Å²) >= 11 is 0. The number of aliphatic hydroxyl groups is 1. The molecule has 0 aromatic carbocycles. The van der Waals surface area contributed by atoms with Gasteiger partial charge in [0.15, 0.2) is 12.2 Å². The number of hydrogen-bond donors (Lipinski definition) is 3. The van der Waals surface area contributed by atoms with Gasteiger partial charge in [0.1, 0.15) is 19.3 Å². The van der Waals surface area contributed by atoms with E-state index in [4.69, 9.17) is 37.0 Å². The molecule has 0 fully saturated rings. The Morgan fingerprint density at radius 2 is 0.467 bits per heavy atom. The summed E-state index contributed by atoms with van der Waals surface area (Å²) in [4.78, 5) is 72.5. The molecule has 17 nitrogen and oxygen atoms in total.